The van der Waals surface area contributed by atoms with E-state index < -0.39 is 0 Å². The molecule has 0 atom stereocenters. The maximum absolute atomic E-state index is 13.3. The molecule has 2 aromatic rings. The molecule has 1 aromatic heterocycles. The molecule has 0 bridgehead atoms. The normalized spacial score (nSPS) is 16.8. The van der Waals surface area contributed by atoms with Crippen molar-refractivity contribution in [3.63, 3.8) is 0 Å². The highest BCUT2D eigenvalue weighted by Crippen LogP contribution is 2.23. The highest BCUT2D eigenvalue weighted by molar-refractivity contribution is 5.89. The molecule has 7 heteroatoms. The Morgan fingerprint density at radius 3 is 2.67 bits per heavy atom. The lowest BCUT2D eigenvalue weighted by molar-refractivity contribution is 0.214. The predicted octanol–water partition coefficient (Wildman–Crippen LogP) is 3.16. The van der Waals surface area contributed by atoms with Gasteiger partial charge in [0.15, 0.2) is 0 Å². The number of amides is 2. The molecule has 2 amide bonds. The molecular weight excluding hydrogens is 345 g/mol. The van der Waals surface area contributed by atoms with Gasteiger partial charge in [0.1, 0.15) is 5.82 Å². The van der Waals surface area contributed by atoms with Gasteiger partial charge in [-0.25, -0.2) is 19.2 Å². The molecule has 0 spiro atoms. The number of carbonyl (C=O) groups is 1. The Morgan fingerprint density at radius 2 is 1.89 bits per heavy atom. The molecule has 0 aliphatic carbocycles. The van der Waals surface area contributed by atoms with E-state index in [1.807, 2.05) is 6.92 Å². The smallest absolute Gasteiger partial charge is 0.321 e. The number of urea groups is 1. The van der Waals surface area contributed by atoms with Gasteiger partial charge in [-0.05, 0) is 49.9 Å². The Kier molecular flexibility index (Phi) is 4.92. The molecule has 1 fully saturated rings. The van der Waals surface area contributed by atoms with Crippen LogP contribution in [0.3, 0.4) is 0 Å². The Labute approximate surface area is 158 Å². The zero-order valence-corrected chi connectivity index (χ0v) is 15.5. The molecule has 1 aromatic carbocycles. The van der Waals surface area contributed by atoms with Crippen molar-refractivity contribution in [1.29, 1.82) is 0 Å². The highest BCUT2D eigenvalue weighted by Gasteiger charge is 2.23. The van der Waals surface area contributed by atoms with E-state index in [0.29, 0.717) is 25.2 Å². The Bertz CT molecular complexity index is 850. The SMILES string of the molecule is Cc1nc(N2CCCC2)nc2c1CCN(C(=O)Nc1cccc(F)c1)CC2. The molecule has 3 heterocycles. The van der Waals surface area contributed by atoms with Crippen LogP contribution in [0.4, 0.5) is 20.8 Å². The Balaban J connectivity index is 1.47. The summed E-state index contributed by atoms with van der Waals surface area (Å²) in [6, 6.07) is 5.74. The quantitative estimate of drug-likeness (QED) is 0.883. The van der Waals surface area contributed by atoms with E-state index in [4.69, 9.17) is 9.97 Å². The van der Waals surface area contributed by atoms with Crippen LogP contribution in [-0.4, -0.2) is 47.1 Å². The third-order valence-corrected chi connectivity index (χ3v) is 5.29. The summed E-state index contributed by atoms with van der Waals surface area (Å²) in [6.45, 7) is 5.24. The van der Waals surface area contributed by atoms with Gasteiger partial charge in [-0.2, -0.15) is 0 Å². The van der Waals surface area contributed by atoms with Crippen LogP contribution in [0.15, 0.2) is 24.3 Å². The first-order chi connectivity index (χ1) is 13.1. The van der Waals surface area contributed by atoms with Crippen LogP contribution in [0.5, 0.6) is 0 Å². The first kappa shape index (κ1) is 17.7. The lowest BCUT2D eigenvalue weighted by atomic mass is 10.1. The predicted molar refractivity (Wildman–Crippen MR) is 103 cm³/mol. The molecule has 142 valence electrons. The maximum atomic E-state index is 13.3. The van der Waals surface area contributed by atoms with Gasteiger partial charge in [-0.15, -0.1) is 0 Å². The van der Waals surface area contributed by atoms with Gasteiger partial charge in [0.25, 0.3) is 0 Å². The summed E-state index contributed by atoms with van der Waals surface area (Å²) in [6.07, 6.45) is 3.81. The minimum Gasteiger partial charge on any atom is -0.341 e. The number of hydrogen-bond acceptors (Lipinski definition) is 4. The van der Waals surface area contributed by atoms with Crippen LogP contribution in [0.2, 0.25) is 0 Å². The Hall–Kier alpha value is -2.70. The molecular formula is C20H24FN5O. The van der Waals surface area contributed by atoms with Crippen molar-refractivity contribution < 1.29 is 9.18 Å². The van der Waals surface area contributed by atoms with Crippen LogP contribution in [-0.2, 0) is 12.8 Å². The number of benzene rings is 1. The number of carbonyl (C=O) groups excluding carboxylic acids is 1. The number of halogens is 1. The van der Waals surface area contributed by atoms with Crippen molar-refractivity contribution in [2.75, 3.05) is 36.4 Å². The third kappa shape index (κ3) is 3.86. The van der Waals surface area contributed by atoms with Gasteiger partial charge in [0, 0.05) is 44.0 Å². The molecule has 0 unspecified atom stereocenters. The lowest BCUT2D eigenvalue weighted by Crippen LogP contribution is -2.36. The van der Waals surface area contributed by atoms with Crippen molar-refractivity contribution in [2.45, 2.75) is 32.6 Å². The van der Waals surface area contributed by atoms with Crippen molar-refractivity contribution in [3.8, 4) is 0 Å². The summed E-state index contributed by atoms with van der Waals surface area (Å²) >= 11 is 0. The molecule has 4 rings (SSSR count). The van der Waals surface area contributed by atoms with Gasteiger partial charge >= 0.3 is 6.03 Å². The molecule has 1 N–H and O–H groups in total. The van der Waals surface area contributed by atoms with E-state index in [2.05, 4.69) is 10.2 Å². The molecule has 0 saturated carbocycles. The minimum atomic E-state index is -0.364. The topological polar surface area (TPSA) is 61.4 Å². The monoisotopic (exact) mass is 369 g/mol. The second kappa shape index (κ2) is 7.50. The number of anilines is 2. The molecule has 2 aliphatic heterocycles. The summed E-state index contributed by atoms with van der Waals surface area (Å²) < 4.78 is 13.3. The van der Waals surface area contributed by atoms with Gasteiger partial charge in [-0.3, -0.25) is 0 Å². The van der Waals surface area contributed by atoms with Crippen molar-refractivity contribution in [3.05, 3.63) is 47.0 Å². The summed E-state index contributed by atoms with van der Waals surface area (Å²) in [5, 5.41) is 2.78. The standard InChI is InChI=1S/C20H24FN5O/c1-14-17-7-11-26(20(27)23-16-6-4-5-15(21)13-16)12-8-18(17)24-19(22-14)25-9-2-3-10-25/h4-6,13H,2-3,7-12H2,1H3,(H,23,27). The van der Waals surface area contributed by atoms with E-state index in [1.54, 1.807) is 17.0 Å². The van der Waals surface area contributed by atoms with Gasteiger partial charge in [-0.1, -0.05) is 6.07 Å². The number of fused-ring (bicyclic) bond motifs is 1. The zero-order chi connectivity index (χ0) is 18.8. The number of nitrogens with zero attached hydrogens (tertiary/aromatic N) is 4. The summed E-state index contributed by atoms with van der Waals surface area (Å²) in [5.41, 5.74) is 3.67. The number of nitrogens with one attached hydrogen (secondary N) is 1. The van der Waals surface area contributed by atoms with Crippen LogP contribution in [0, 0.1) is 12.7 Å². The average Bonchev–Trinajstić information content (AvgIpc) is 3.09. The summed E-state index contributed by atoms with van der Waals surface area (Å²) in [7, 11) is 0. The van der Waals surface area contributed by atoms with Gasteiger partial charge < -0.3 is 15.1 Å². The Morgan fingerprint density at radius 1 is 1.11 bits per heavy atom. The number of rotatable bonds is 2. The third-order valence-electron chi connectivity index (χ3n) is 5.29. The fourth-order valence-corrected chi connectivity index (χ4v) is 3.80. The van der Waals surface area contributed by atoms with E-state index >= 15 is 0 Å². The molecule has 27 heavy (non-hydrogen) atoms. The van der Waals surface area contributed by atoms with E-state index in [-0.39, 0.29) is 11.8 Å². The van der Waals surface area contributed by atoms with E-state index in [0.717, 1.165) is 42.4 Å². The lowest BCUT2D eigenvalue weighted by Gasteiger charge is -2.20. The fourth-order valence-electron chi connectivity index (χ4n) is 3.80. The van der Waals surface area contributed by atoms with Crippen molar-refractivity contribution in [2.24, 2.45) is 0 Å². The maximum Gasteiger partial charge on any atom is 0.321 e. The fraction of sp³-hybridized carbons (Fsp3) is 0.450. The highest BCUT2D eigenvalue weighted by atomic mass is 19.1. The first-order valence-electron chi connectivity index (χ1n) is 9.53. The summed E-state index contributed by atoms with van der Waals surface area (Å²) in [5.74, 6) is 0.456. The van der Waals surface area contributed by atoms with E-state index in [9.17, 15) is 9.18 Å². The summed E-state index contributed by atoms with van der Waals surface area (Å²) in [4.78, 5) is 26.1. The zero-order valence-electron chi connectivity index (χ0n) is 15.5. The minimum absolute atomic E-state index is 0.209. The average molecular weight is 369 g/mol. The van der Waals surface area contributed by atoms with E-state index in [1.165, 1.54) is 25.0 Å². The van der Waals surface area contributed by atoms with Gasteiger partial charge in [0.2, 0.25) is 5.95 Å². The largest absolute Gasteiger partial charge is 0.341 e. The van der Waals surface area contributed by atoms with Crippen molar-refractivity contribution >= 4 is 17.7 Å². The first-order valence-corrected chi connectivity index (χ1v) is 9.53. The molecule has 1 saturated heterocycles. The number of aromatic nitrogens is 2. The van der Waals surface area contributed by atoms with Gasteiger partial charge in [0.05, 0.1) is 5.69 Å². The molecule has 0 radical (unpaired) electrons. The molecule has 6 nitrogen and oxygen atoms in total. The second-order valence-corrected chi connectivity index (χ2v) is 7.16. The van der Waals surface area contributed by atoms with Crippen molar-refractivity contribution in [1.82, 2.24) is 14.9 Å². The van der Waals surface area contributed by atoms with Crippen LogP contribution in [0.1, 0.15) is 29.8 Å². The van der Waals surface area contributed by atoms with Crippen LogP contribution in [0.25, 0.3) is 0 Å². The molecule has 2 aliphatic rings. The van der Waals surface area contributed by atoms with Crippen LogP contribution < -0.4 is 10.2 Å². The second-order valence-electron chi connectivity index (χ2n) is 7.16. The van der Waals surface area contributed by atoms with Crippen LogP contribution >= 0.6 is 0 Å². The number of hydrogen-bond donors (Lipinski definition) is 1. The number of aryl methyl sites for hydroxylation is 1.